The van der Waals surface area contributed by atoms with Gasteiger partial charge in [0.2, 0.25) is 15.9 Å². The number of ether oxygens (including phenoxy) is 2. The number of carbonyl (C=O) groups excluding carboxylic acids is 2. The van der Waals surface area contributed by atoms with E-state index < -0.39 is 38.0 Å². The average molecular weight is 637 g/mol. The van der Waals surface area contributed by atoms with Crippen molar-refractivity contribution in [3.8, 4) is 11.5 Å². The van der Waals surface area contributed by atoms with Crippen LogP contribution in [0.1, 0.15) is 26.3 Å². The quantitative estimate of drug-likeness (QED) is 0.109. The fraction of sp³-hybridized carbons (Fsp3) is 0.188. The van der Waals surface area contributed by atoms with Gasteiger partial charge in [-0.15, -0.1) is 0 Å². The van der Waals surface area contributed by atoms with Crippen LogP contribution in [0.15, 0.2) is 107 Å². The molecule has 1 atom stereocenters. The lowest BCUT2D eigenvalue weighted by Crippen LogP contribution is -2.45. The molecule has 0 saturated heterocycles. The van der Waals surface area contributed by atoms with E-state index in [0.717, 1.165) is 11.6 Å². The Hall–Kier alpha value is -4.74. The number of nitrogens with one attached hydrogen (secondary N) is 1. The standard InChI is InChI=1S/C32H29ClN2O8S/c1-32(2,3)30(36)29(31(37)34-28-19-22(35(38)39)9-18-27(28)33)43-24-12-16-26(17-13-24)44(40,41)25-14-10-23(11-15-25)42-20-21-7-5-4-6-8-21/h4-19,29H,20H2,1-3H3,(H,34,37)/t29-/m1/s1. The molecular formula is C32H29ClN2O8S. The van der Waals surface area contributed by atoms with Gasteiger partial charge < -0.3 is 14.8 Å². The molecule has 1 amide bonds. The molecule has 4 aromatic carbocycles. The van der Waals surface area contributed by atoms with Crippen molar-refractivity contribution in [1.82, 2.24) is 0 Å². The molecule has 4 rings (SSSR count). The second-order valence-corrected chi connectivity index (χ2v) is 13.1. The SMILES string of the molecule is CC(C)(C)C(=O)[C@@H](Oc1ccc(S(=O)(=O)c2ccc(OCc3ccccc3)cc2)cc1)C(=O)Nc1cc([N+](=O)[O-])ccc1Cl. The maximum atomic E-state index is 13.3. The number of non-ortho nitro benzene ring substituents is 1. The number of amides is 1. The minimum Gasteiger partial charge on any atom is -0.489 e. The zero-order chi connectivity index (χ0) is 32.1. The highest BCUT2D eigenvalue weighted by Crippen LogP contribution is 2.29. The number of halogens is 1. The van der Waals surface area contributed by atoms with Crippen LogP contribution in [-0.4, -0.2) is 31.1 Å². The molecular weight excluding hydrogens is 608 g/mol. The van der Waals surface area contributed by atoms with Gasteiger partial charge in [0, 0.05) is 17.5 Å². The minimum atomic E-state index is -3.91. The van der Waals surface area contributed by atoms with Crippen LogP contribution < -0.4 is 14.8 Å². The Morgan fingerprint density at radius 3 is 2.00 bits per heavy atom. The van der Waals surface area contributed by atoms with Crippen molar-refractivity contribution in [3.63, 3.8) is 0 Å². The number of carbonyl (C=O) groups is 2. The van der Waals surface area contributed by atoms with E-state index in [1.807, 2.05) is 30.3 Å². The van der Waals surface area contributed by atoms with Gasteiger partial charge in [-0.1, -0.05) is 62.7 Å². The van der Waals surface area contributed by atoms with Crippen molar-refractivity contribution in [2.45, 2.75) is 43.3 Å². The predicted molar refractivity (Wildman–Crippen MR) is 165 cm³/mol. The number of Topliss-reactive ketones (excluding diaryl/α,β-unsaturated/α-hetero) is 1. The monoisotopic (exact) mass is 636 g/mol. The van der Waals surface area contributed by atoms with Crippen molar-refractivity contribution in [3.05, 3.63) is 118 Å². The number of hydrogen-bond acceptors (Lipinski definition) is 8. The summed E-state index contributed by atoms with van der Waals surface area (Å²) in [5.74, 6) is -0.923. The van der Waals surface area contributed by atoms with E-state index in [0.29, 0.717) is 12.4 Å². The lowest BCUT2D eigenvalue weighted by atomic mass is 9.87. The molecule has 228 valence electrons. The summed E-state index contributed by atoms with van der Waals surface area (Å²) < 4.78 is 38.0. The highest BCUT2D eigenvalue weighted by atomic mass is 35.5. The first-order valence-electron chi connectivity index (χ1n) is 13.3. The lowest BCUT2D eigenvalue weighted by Gasteiger charge is -2.25. The molecule has 0 unspecified atom stereocenters. The number of rotatable bonds is 11. The second-order valence-electron chi connectivity index (χ2n) is 10.7. The van der Waals surface area contributed by atoms with E-state index in [1.54, 1.807) is 32.9 Å². The van der Waals surface area contributed by atoms with Crippen LogP contribution in [0.5, 0.6) is 11.5 Å². The Balaban J connectivity index is 1.50. The fourth-order valence-electron chi connectivity index (χ4n) is 3.97. The van der Waals surface area contributed by atoms with E-state index in [2.05, 4.69) is 5.32 Å². The van der Waals surface area contributed by atoms with Crippen LogP contribution >= 0.6 is 11.6 Å². The van der Waals surface area contributed by atoms with Gasteiger partial charge >= 0.3 is 0 Å². The molecule has 12 heteroatoms. The predicted octanol–water partition coefficient (Wildman–Crippen LogP) is 6.66. The summed E-state index contributed by atoms with van der Waals surface area (Å²) in [5, 5.41) is 13.6. The molecule has 10 nitrogen and oxygen atoms in total. The molecule has 0 saturated carbocycles. The third-order valence-electron chi connectivity index (χ3n) is 6.40. The molecule has 0 aliphatic rings. The molecule has 1 N–H and O–H groups in total. The number of nitro benzene ring substituents is 1. The van der Waals surface area contributed by atoms with Crippen LogP contribution in [0.4, 0.5) is 11.4 Å². The van der Waals surface area contributed by atoms with Crippen molar-refractivity contribution in [2.75, 3.05) is 5.32 Å². The number of benzene rings is 4. The first kappa shape index (κ1) is 32.2. The van der Waals surface area contributed by atoms with E-state index in [9.17, 15) is 28.1 Å². The maximum Gasteiger partial charge on any atom is 0.273 e. The topological polar surface area (TPSA) is 142 Å². The van der Waals surface area contributed by atoms with Gasteiger partial charge in [0.05, 0.1) is 25.4 Å². The first-order valence-corrected chi connectivity index (χ1v) is 15.2. The molecule has 0 fully saturated rings. The second kappa shape index (κ2) is 13.3. The Labute approximate surface area is 259 Å². The van der Waals surface area contributed by atoms with Crippen LogP contribution in [-0.2, 0) is 26.0 Å². The summed E-state index contributed by atoms with van der Waals surface area (Å²) >= 11 is 6.11. The largest absolute Gasteiger partial charge is 0.489 e. The smallest absolute Gasteiger partial charge is 0.273 e. The maximum absolute atomic E-state index is 13.3. The van der Waals surface area contributed by atoms with Crippen molar-refractivity contribution in [1.29, 1.82) is 0 Å². The number of ketones is 1. The molecule has 44 heavy (non-hydrogen) atoms. The molecule has 0 aromatic heterocycles. The summed E-state index contributed by atoms with van der Waals surface area (Å²) in [7, 11) is -3.91. The Kier molecular flexibility index (Phi) is 9.71. The van der Waals surface area contributed by atoms with Crippen LogP contribution in [0.25, 0.3) is 0 Å². The van der Waals surface area contributed by atoms with E-state index in [4.69, 9.17) is 21.1 Å². The Bertz CT molecular complexity index is 1770. The summed E-state index contributed by atoms with van der Waals surface area (Å²) in [6.45, 7) is 5.15. The number of anilines is 1. The Morgan fingerprint density at radius 1 is 0.886 bits per heavy atom. The Morgan fingerprint density at radius 2 is 1.45 bits per heavy atom. The fourth-order valence-corrected chi connectivity index (χ4v) is 5.39. The highest BCUT2D eigenvalue weighted by molar-refractivity contribution is 7.91. The number of hydrogen-bond donors (Lipinski definition) is 1. The van der Waals surface area contributed by atoms with Gasteiger partial charge in [-0.25, -0.2) is 8.42 Å². The van der Waals surface area contributed by atoms with E-state index in [1.165, 1.54) is 48.5 Å². The molecule has 0 spiro atoms. The number of sulfone groups is 1. The van der Waals surface area contributed by atoms with Crippen LogP contribution in [0.2, 0.25) is 5.02 Å². The van der Waals surface area contributed by atoms with Gasteiger partial charge in [0.15, 0.2) is 5.78 Å². The highest BCUT2D eigenvalue weighted by Gasteiger charge is 2.37. The van der Waals surface area contributed by atoms with Gasteiger partial charge in [-0.2, -0.15) is 0 Å². The average Bonchev–Trinajstić information content (AvgIpc) is 3.00. The van der Waals surface area contributed by atoms with Gasteiger partial charge in [-0.05, 0) is 60.2 Å². The van der Waals surface area contributed by atoms with Crippen molar-refractivity contribution in [2.24, 2.45) is 5.41 Å². The first-order chi connectivity index (χ1) is 20.8. The molecule has 0 heterocycles. The molecule has 4 aromatic rings. The van der Waals surface area contributed by atoms with Gasteiger partial charge in [0.25, 0.3) is 11.6 Å². The summed E-state index contributed by atoms with van der Waals surface area (Å²) in [5.41, 5.74) is -0.410. The summed E-state index contributed by atoms with van der Waals surface area (Å²) in [4.78, 5) is 36.9. The molecule has 0 aliphatic heterocycles. The lowest BCUT2D eigenvalue weighted by molar-refractivity contribution is -0.384. The van der Waals surface area contributed by atoms with Crippen molar-refractivity contribution >= 4 is 44.5 Å². The van der Waals surface area contributed by atoms with Crippen molar-refractivity contribution < 1.29 is 32.4 Å². The normalized spacial score (nSPS) is 12.2. The van der Waals surface area contributed by atoms with Crippen LogP contribution in [0.3, 0.4) is 0 Å². The minimum absolute atomic E-state index is 0.0243. The van der Waals surface area contributed by atoms with Crippen LogP contribution in [0, 0.1) is 15.5 Å². The third-order valence-corrected chi connectivity index (χ3v) is 8.52. The van der Waals surface area contributed by atoms with E-state index >= 15 is 0 Å². The summed E-state index contributed by atoms with van der Waals surface area (Å²) in [6.07, 6.45) is -1.67. The third kappa shape index (κ3) is 7.80. The summed E-state index contributed by atoms with van der Waals surface area (Å²) in [6, 6.07) is 24.4. The molecule has 0 aliphatic carbocycles. The molecule has 0 radical (unpaired) electrons. The number of nitrogens with zero attached hydrogens (tertiary/aromatic N) is 1. The zero-order valence-electron chi connectivity index (χ0n) is 24.0. The zero-order valence-corrected chi connectivity index (χ0v) is 25.6. The number of nitro groups is 1. The van der Waals surface area contributed by atoms with E-state index in [-0.39, 0.29) is 31.9 Å². The van der Waals surface area contributed by atoms with Gasteiger partial charge in [0.1, 0.15) is 18.1 Å². The van der Waals surface area contributed by atoms with Gasteiger partial charge in [-0.3, -0.25) is 19.7 Å². The molecule has 0 bridgehead atoms.